The summed E-state index contributed by atoms with van der Waals surface area (Å²) in [5.41, 5.74) is 0. The van der Waals surface area contributed by atoms with Crippen LogP contribution in [-0.2, 0) is 4.74 Å². The Kier molecular flexibility index (Phi) is 5.82. The summed E-state index contributed by atoms with van der Waals surface area (Å²) in [6.07, 6.45) is 0.990. The Morgan fingerprint density at radius 1 is 1.40 bits per heavy atom. The first-order chi connectivity index (χ1) is 4.56. The second kappa shape index (κ2) is 5.41. The van der Waals surface area contributed by atoms with Crippen LogP contribution in [0.3, 0.4) is 0 Å². The average molecular weight is 201 g/mol. The third kappa shape index (κ3) is 8.76. The second-order valence-corrected chi connectivity index (χ2v) is 10.6. The van der Waals surface area contributed by atoms with Crippen LogP contribution in [0.2, 0.25) is 12.6 Å². The smallest absolute Gasteiger partial charge is 0.248 e. The van der Waals surface area contributed by atoms with E-state index < -0.39 is 6.69 Å². The molecule has 0 heterocycles. The Morgan fingerprint density at radius 2 is 2.00 bits per heavy atom. The molecule has 0 radical (unpaired) electrons. The van der Waals surface area contributed by atoms with E-state index in [0.29, 0.717) is 0 Å². The van der Waals surface area contributed by atoms with Gasteiger partial charge in [0, 0.05) is 13.2 Å². The van der Waals surface area contributed by atoms with Gasteiger partial charge in [0.2, 0.25) is 6.69 Å². The zero-order chi connectivity index (χ0) is 8.04. The highest BCUT2D eigenvalue weighted by Gasteiger charge is 2.19. The van der Waals surface area contributed by atoms with E-state index in [-0.39, 0.29) is 0 Å². The van der Waals surface area contributed by atoms with E-state index in [4.69, 9.17) is 26.9 Å². The SMILES string of the molecule is CCOCCC[Si](C)(Cl)Cl. The van der Waals surface area contributed by atoms with E-state index in [1.807, 2.05) is 13.5 Å². The van der Waals surface area contributed by atoms with Gasteiger partial charge in [-0.05, 0) is 25.9 Å². The molecule has 0 spiro atoms. The lowest BCUT2D eigenvalue weighted by Crippen LogP contribution is -2.12. The summed E-state index contributed by atoms with van der Waals surface area (Å²) < 4.78 is 5.13. The zero-order valence-corrected chi connectivity index (χ0v) is 9.00. The minimum Gasteiger partial charge on any atom is -0.382 e. The largest absolute Gasteiger partial charge is 0.382 e. The van der Waals surface area contributed by atoms with Crippen LogP contribution in [0, 0.1) is 0 Å². The summed E-state index contributed by atoms with van der Waals surface area (Å²) in [5, 5.41) is 0. The summed E-state index contributed by atoms with van der Waals surface area (Å²) in [5.74, 6) is 0. The lowest BCUT2D eigenvalue weighted by Gasteiger charge is -2.08. The molecule has 0 saturated heterocycles. The Bertz CT molecular complexity index is 82.3. The van der Waals surface area contributed by atoms with Gasteiger partial charge in [-0.3, -0.25) is 0 Å². The molecular formula is C6H14Cl2OSi. The minimum absolute atomic E-state index is 0.781. The fourth-order valence-corrected chi connectivity index (χ4v) is 2.20. The summed E-state index contributed by atoms with van der Waals surface area (Å²) in [4.78, 5) is 0. The van der Waals surface area contributed by atoms with Crippen LogP contribution < -0.4 is 0 Å². The topological polar surface area (TPSA) is 9.23 Å². The van der Waals surface area contributed by atoms with Gasteiger partial charge >= 0.3 is 0 Å². The van der Waals surface area contributed by atoms with Crippen LogP contribution in [0.4, 0.5) is 0 Å². The molecule has 0 aliphatic rings. The zero-order valence-electron chi connectivity index (χ0n) is 6.49. The summed E-state index contributed by atoms with van der Waals surface area (Å²) in [6, 6.07) is 0.927. The molecule has 62 valence electrons. The number of hydrogen-bond acceptors (Lipinski definition) is 1. The predicted molar refractivity (Wildman–Crippen MR) is 49.2 cm³/mol. The van der Waals surface area contributed by atoms with Crippen molar-refractivity contribution < 1.29 is 4.74 Å². The Morgan fingerprint density at radius 3 is 2.40 bits per heavy atom. The van der Waals surface area contributed by atoms with Crippen molar-refractivity contribution in [2.45, 2.75) is 25.9 Å². The number of ether oxygens (including phenoxy) is 1. The predicted octanol–water partition coefficient (Wildman–Crippen LogP) is 2.96. The summed E-state index contributed by atoms with van der Waals surface area (Å²) in [7, 11) is 0. The van der Waals surface area contributed by atoms with Crippen molar-refractivity contribution in [3.05, 3.63) is 0 Å². The molecule has 0 N–H and O–H groups in total. The second-order valence-electron chi connectivity index (χ2n) is 2.37. The van der Waals surface area contributed by atoms with Crippen molar-refractivity contribution in [3.8, 4) is 0 Å². The molecule has 0 aromatic carbocycles. The fourth-order valence-electron chi connectivity index (χ4n) is 0.629. The first kappa shape index (κ1) is 10.8. The molecule has 4 heteroatoms. The van der Waals surface area contributed by atoms with Crippen molar-refractivity contribution in [2.75, 3.05) is 13.2 Å². The van der Waals surface area contributed by atoms with Crippen molar-refractivity contribution >= 4 is 28.9 Å². The van der Waals surface area contributed by atoms with Crippen molar-refractivity contribution in [3.63, 3.8) is 0 Å². The van der Waals surface area contributed by atoms with E-state index in [0.717, 1.165) is 25.7 Å². The number of hydrogen-bond donors (Lipinski definition) is 0. The quantitative estimate of drug-likeness (QED) is 0.377. The van der Waals surface area contributed by atoms with Crippen molar-refractivity contribution in [1.82, 2.24) is 0 Å². The van der Waals surface area contributed by atoms with Crippen LogP contribution >= 0.6 is 22.2 Å². The molecule has 0 aliphatic heterocycles. The van der Waals surface area contributed by atoms with Gasteiger partial charge < -0.3 is 4.74 Å². The third-order valence-corrected chi connectivity index (χ3v) is 3.47. The molecule has 0 aromatic heterocycles. The van der Waals surface area contributed by atoms with Gasteiger partial charge in [0.1, 0.15) is 0 Å². The van der Waals surface area contributed by atoms with Crippen LogP contribution in [0.25, 0.3) is 0 Å². The van der Waals surface area contributed by atoms with E-state index in [2.05, 4.69) is 0 Å². The molecule has 0 atom stereocenters. The average Bonchev–Trinajstić information content (AvgIpc) is 1.78. The van der Waals surface area contributed by atoms with E-state index in [9.17, 15) is 0 Å². The van der Waals surface area contributed by atoms with Gasteiger partial charge in [-0.15, -0.1) is 22.2 Å². The van der Waals surface area contributed by atoms with Gasteiger partial charge in [-0.2, -0.15) is 0 Å². The normalized spacial score (nSPS) is 12.0. The van der Waals surface area contributed by atoms with Crippen molar-refractivity contribution in [1.29, 1.82) is 0 Å². The first-order valence-corrected chi connectivity index (χ1v) is 8.25. The van der Waals surface area contributed by atoms with E-state index in [1.165, 1.54) is 0 Å². The maximum atomic E-state index is 5.86. The fraction of sp³-hybridized carbons (Fsp3) is 1.00. The maximum absolute atomic E-state index is 5.86. The molecule has 0 rings (SSSR count). The van der Waals surface area contributed by atoms with Gasteiger partial charge in [0.25, 0.3) is 0 Å². The minimum atomic E-state index is -1.84. The molecule has 1 nitrogen and oxygen atoms in total. The molecular weight excluding hydrogens is 187 g/mol. The molecule has 0 aromatic rings. The molecule has 0 unspecified atom stereocenters. The highest BCUT2D eigenvalue weighted by Crippen LogP contribution is 2.20. The molecule has 0 amide bonds. The van der Waals surface area contributed by atoms with Gasteiger partial charge in [-0.1, -0.05) is 0 Å². The summed E-state index contributed by atoms with van der Waals surface area (Å²) >= 11 is 11.7. The van der Waals surface area contributed by atoms with Crippen LogP contribution in [0.1, 0.15) is 13.3 Å². The Balaban J connectivity index is 3.04. The first-order valence-electron chi connectivity index (χ1n) is 3.52. The van der Waals surface area contributed by atoms with Gasteiger partial charge in [-0.25, -0.2) is 0 Å². The lowest BCUT2D eigenvalue weighted by atomic mass is 10.5. The molecule has 0 saturated carbocycles. The van der Waals surface area contributed by atoms with Crippen LogP contribution in [-0.4, -0.2) is 19.9 Å². The molecule has 0 bridgehead atoms. The molecule has 0 fully saturated rings. The number of halogens is 2. The Labute approximate surface area is 73.1 Å². The number of rotatable bonds is 5. The van der Waals surface area contributed by atoms with Crippen LogP contribution in [0.15, 0.2) is 0 Å². The van der Waals surface area contributed by atoms with E-state index in [1.54, 1.807) is 0 Å². The van der Waals surface area contributed by atoms with Gasteiger partial charge in [0.15, 0.2) is 0 Å². The monoisotopic (exact) mass is 200 g/mol. The lowest BCUT2D eigenvalue weighted by molar-refractivity contribution is 0.148. The van der Waals surface area contributed by atoms with Gasteiger partial charge in [0.05, 0.1) is 0 Å². The third-order valence-electron chi connectivity index (χ3n) is 1.11. The Hall–Kier alpha value is 0.757. The highest BCUT2D eigenvalue weighted by molar-refractivity contribution is 7.44. The highest BCUT2D eigenvalue weighted by atomic mass is 35.7. The standard InChI is InChI=1S/C6H14Cl2OSi/c1-3-9-5-4-6-10(2,7)8/h3-6H2,1-2H3. The van der Waals surface area contributed by atoms with E-state index >= 15 is 0 Å². The van der Waals surface area contributed by atoms with Crippen molar-refractivity contribution in [2.24, 2.45) is 0 Å². The molecule has 10 heavy (non-hydrogen) atoms. The molecule has 0 aliphatic carbocycles. The van der Waals surface area contributed by atoms with Crippen LogP contribution in [0.5, 0.6) is 0 Å². The summed E-state index contributed by atoms with van der Waals surface area (Å²) in [6.45, 7) is 3.64. The maximum Gasteiger partial charge on any atom is 0.248 e.